The van der Waals surface area contributed by atoms with Crippen molar-refractivity contribution < 1.29 is 9.50 Å². The average molecular weight is 336 g/mol. The van der Waals surface area contributed by atoms with Gasteiger partial charge in [-0.2, -0.15) is 14.6 Å². The van der Waals surface area contributed by atoms with Gasteiger partial charge in [0.2, 0.25) is 0 Å². The van der Waals surface area contributed by atoms with E-state index < -0.39 is 11.9 Å². The van der Waals surface area contributed by atoms with Gasteiger partial charge >= 0.3 is 0 Å². The molecule has 0 aliphatic rings. The van der Waals surface area contributed by atoms with E-state index in [2.05, 4.69) is 20.4 Å². The number of aromatic nitrogens is 4. The first kappa shape index (κ1) is 15.6. The van der Waals surface area contributed by atoms with Gasteiger partial charge in [-0.3, -0.25) is 0 Å². The molecule has 2 N–H and O–H groups in total. The lowest BCUT2D eigenvalue weighted by Crippen LogP contribution is -2.15. The molecule has 0 amide bonds. The Bertz CT molecular complexity index is 838. The summed E-state index contributed by atoms with van der Waals surface area (Å²) in [4.78, 5) is 8.41. The van der Waals surface area contributed by atoms with E-state index in [1.165, 1.54) is 18.5 Å². The van der Waals surface area contributed by atoms with Gasteiger partial charge in [-0.1, -0.05) is 24.6 Å². The van der Waals surface area contributed by atoms with Crippen LogP contribution in [0.25, 0.3) is 5.78 Å². The predicted octanol–water partition coefficient (Wildman–Crippen LogP) is 2.62. The molecule has 0 aliphatic heterocycles. The summed E-state index contributed by atoms with van der Waals surface area (Å²) in [7, 11) is 0. The fourth-order valence-electron chi connectivity index (χ4n) is 2.21. The van der Waals surface area contributed by atoms with Crippen molar-refractivity contribution in [3.63, 3.8) is 0 Å². The number of aliphatic hydroxyl groups is 1. The first-order valence-corrected chi connectivity index (χ1v) is 7.53. The number of fused-ring (bicyclic) bond motifs is 1. The molecule has 0 saturated carbocycles. The molecule has 3 aromatic rings. The second-order valence-corrected chi connectivity index (χ2v) is 5.44. The van der Waals surface area contributed by atoms with Crippen molar-refractivity contribution in [2.45, 2.75) is 19.4 Å². The van der Waals surface area contributed by atoms with E-state index >= 15 is 0 Å². The highest BCUT2D eigenvalue weighted by molar-refractivity contribution is 6.30. The Morgan fingerprint density at radius 3 is 2.96 bits per heavy atom. The fraction of sp³-hybridized carbons (Fsp3) is 0.267. The number of aryl methyl sites for hydroxylation is 1. The number of hydrogen-bond donors (Lipinski definition) is 2. The molecule has 0 radical (unpaired) electrons. The van der Waals surface area contributed by atoms with Gasteiger partial charge in [-0.05, 0) is 24.1 Å². The quantitative estimate of drug-likeness (QED) is 0.749. The van der Waals surface area contributed by atoms with E-state index in [0.717, 1.165) is 12.1 Å². The summed E-state index contributed by atoms with van der Waals surface area (Å²) in [6.07, 6.45) is 1.28. The number of nitrogens with one attached hydrogen (secondary N) is 1. The molecule has 23 heavy (non-hydrogen) atoms. The second-order valence-electron chi connectivity index (χ2n) is 5.03. The molecule has 1 aromatic carbocycles. The van der Waals surface area contributed by atoms with Crippen LogP contribution >= 0.6 is 11.6 Å². The Labute approximate surface area is 137 Å². The third kappa shape index (κ3) is 3.25. The molecule has 0 aliphatic carbocycles. The first-order chi connectivity index (χ1) is 11.1. The van der Waals surface area contributed by atoms with E-state index in [0.29, 0.717) is 17.2 Å². The topological polar surface area (TPSA) is 75.3 Å². The highest BCUT2D eigenvalue weighted by atomic mass is 35.5. The van der Waals surface area contributed by atoms with Crippen LogP contribution in [0.4, 0.5) is 10.2 Å². The van der Waals surface area contributed by atoms with Crippen molar-refractivity contribution in [3.05, 3.63) is 52.7 Å². The minimum absolute atomic E-state index is 0.0277. The maximum atomic E-state index is 13.5. The molecule has 0 saturated heterocycles. The minimum Gasteiger partial charge on any atom is -0.387 e. The van der Waals surface area contributed by atoms with Crippen molar-refractivity contribution in [1.82, 2.24) is 19.6 Å². The van der Waals surface area contributed by atoms with Crippen molar-refractivity contribution in [2.75, 3.05) is 11.9 Å². The molecule has 0 spiro atoms. The zero-order valence-electron chi connectivity index (χ0n) is 12.4. The van der Waals surface area contributed by atoms with Crippen LogP contribution in [0.1, 0.15) is 24.3 Å². The Kier molecular flexibility index (Phi) is 4.40. The molecular formula is C15H15ClFN5O. The number of halogens is 2. The van der Waals surface area contributed by atoms with E-state index in [1.54, 1.807) is 10.6 Å². The predicted molar refractivity (Wildman–Crippen MR) is 85.0 cm³/mol. The lowest BCUT2D eigenvalue weighted by molar-refractivity contribution is 0.191. The summed E-state index contributed by atoms with van der Waals surface area (Å²) in [6, 6.07) is 6.08. The van der Waals surface area contributed by atoms with Gasteiger partial charge in [-0.15, -0.1) is 0 Å². The van der Waals surface area contributed by atoms with Crippen LogP contribution in [-0.4, -0.2) is 31.2 Å². The number of anilines is 1. The van der Waals surface area contributed by atoms with Crippen molar-refractivity contribution >= 4 is 23.2 Å². The smallest absolute Gasteiger partial charge is 0.254 e. The molecule has 6 nitrogen and oxygen atoms in total. The van der Waals surface area contributed by atoms with Crippen LogP contribution in [0.2, 0.25) is 5.02 Å². The fourth-order valence-corrected chi connectivity index (χ4v) is 2.32. The Morgan fingerprint density at radius 2 is 2.22 bits per heavy atom. The molecule has 2 aromatic heterocycles. The SMILES string of the molecule is CCc1cc(NCC(O)c2ccc(Cl)c(F)c2)n2ncnc2n1. The summed E-state index contributed by atoms with van der Waals surface area (Å²) >= 11 is 5.65. The Hall–Kier alpha value is -2.25. The van der Waals surface area contributed by atoms with Crippen LogP contribution in [0.5, 0.6) is 0 Å². The van der Waals surface area contributed by atoms with Gasteiger partial charge in [0.05, 0.1) is 11.1 Å². The van der Waals surface area contributed by atoms with Crippen LogP contribution in [0.15, 0.2) is 30.6 Å². The van der Waals surface area contributed by atoms with E-state index in [-0.39, 0.29) is 11.6 Å². The third-order valence-corrected chi connectivity index (χ3v) is 3.78. The number of aliphatic hydroxyl groups excluding tert-OH is 1. The number of hydrogen-bond acceptors (Lipinski definition) is 5. The summed E-state index contributed by atoms with van der Waals surface area (Å²) in [5.41, 5.74) is 1.30. The highest BCUT2D eigenvalue weighted by Crippen LogP contribution is 2.21. The van der Waals surface area contributed by atoms with Gasteiger partial charge in [0, 0.05) is 18.3 Å². The number of nitrogens with zero attached hydrogens (tertiary/aromatic N) is 4. The molecule has 0 bridgehead atoms. The van der Waals surface area contributed by atoms with Gasteiger partial charge in [0.25, 0.3) is 5.78 Å². The molecule has 1 unspecified atom stereocenters. The van der Waals surface area contributed by atoms with Crippen LogP contribution in [-0.2, 0) is 6.42 Å². The van der Waals surface area contributed by atoms with Crippen LogP contribution < -0.4 is 5.32 Å². The van der Waals surface area contributed by atoms with Gasteiger partial charge in [0.1, 0.15) is 18.0 Å². The maximum Gasteiger partial charge on any atom is 0.254 e. The second kappa shape index (κ2) is 6.47. The monoisotopic (exact) mass is 335 g/mol. The standard InChI is InChI=1S/C15H15ClFN5O/c1-2-10-6-14(22-15(21-10)19-8-20-22)18-7-13(23)9-3-4-11(16)12(17)5-9/h3-6,8,13,18,23H,2,7H2,1H3. The lowest BCUT2D eigenvalue weighted by Gasteiger charge is -2.14. The lowest BCUT2D eigenvalue weighted by atomic mass is 10.1. The van der Waals surface area contributed by atoms with Gasteiger partial charge in [-0.25, -0.2) is 9.37 Å². The van der Waals surface area contributed by atoms with Gasteiger partial charge < -0.3 is 10.4 Å². The minimum atomic E-state index is -0.890. The normalized spacial score (nSPS) is 12.5. The summed E-state index contributed by atoms with van der Waals surface area (Å²) in [5, 5.41) is 17.4. The molecule has 120 valence electrons. The summed E-state index contributed by atoms with van der Waals surface area (Å²) in [6.45, 7) is 2.17. The molecule has 8 heteroatoms. The van der Waals surface area contributed by atoms with Gasteiger partial charge in [0.15, 0.2) is 0 Å². The third-order valence-electron chi connectivity index (χ3n) is 3.47. The van der Waals surface area contributed by atoms with Crippen molar-refractivity contribution in [3.8, 4) is 0 Å². The molecule has 0 fully saturated rings. The average Bonchev–Trinajstić information content (AvgIpc) is 3.03. The first-order valence-electron chi connectivity index (χ1n) is 7.15. The molecule has 2 heterocycles. The maximum absolute atomic E-state index is 13.5. The van der Waals surface area contributed by atoms with E-state index in [9.17, 15) is 9.50 Å². The van der Waals surface area contributed by atoms with Crippen molar-refractivity contribution in [2.24, 2.45) is 0 Å². The van der Waals surface area contributed by atoms with Crippen LogP contribution in [0, 0.1) is 5.82 Å². The van der Waals surface area contributed by atoms with E-state index in [4.69, 9.17) is 11.6 Å². The molecule has 1 atom stereocenters. The van der Waals surface area contributed by atoms with Crippen molar-refractivity contribution in [1.29, 1.82) is 0 Å². The van der Waals surface area contributed by atoms with Crippen LogP contribution in [0.3, 0.4) is 0 Å². The largest absolute Gasteiger partial charge is 0.387 e. The number of rotatable bonds is 5. The summed E-state index contributed by atoms with van der Waals surface area (Å²) in [5.74, 6) is 0.593. The molecular weight excluding hydrogens is 321 g/mol. The van der Waals surface area contributed by atoms with E-state index in [1.807, 2.05) is 13.0 Å². The highest BCUT2D eigenvalue weighted by Gasteiger charge is 2.12. The Balaban J connectivity index is 1.79. The zero-order chi connectivity index (χ0) is 16.4. The number of benzene rings is 1. The Morgan fingerprint density at radius 1 is 1.39 bits per heavy atom. The molecule has 3 rings (SSSR count). The zero-order valence-corrected chi connectivity index (χ0v) is 13.1. The summed E-state index contributed by atoms with van der Waals surface area (Å²) < 4.78 is 15.0.